The Labute approximate surface area is 93.1 Å². The molecule has 0 radical (unpaired) electrons. The molecule has 1 N–H and O–H groups in total. The van der Waals surface area contributed by atoms with Crippen molar-refractivity contribution in [2.75, 3.05) is 0 Å². The molecule has 15 heavy (non-hydrogen) atoms. The molecule has 0 aromatic heterocycles. The van der Waals surface area contributed by atoms with Crippen LogP contribution in [0.15, 0.2) is 24.3 Å². The van der Waals surface area contributed by atoms with Crippen LogP contribution in [-0.4, -0.2) is 5.11 Å². The predicted octanol–water partition coefficient (Wildman–Crippen LogP) is 4.01. The Morgan fingerprint density at radius 1 is 1.20 bits per heavy atom. The van der Waals surface area contributed by atoms with Crippen LogP contribution in [0.3, 0.4) is 0 Å². The van der Waals surface area contributed by atoms with Crippen molar-refractivity contribution >= 4 is 0 Å². The highest BCUT2D eigenvalue weighted by Crippen LogP contribution is 2.28. The molecule has 0 aliphatic heterocycles. The molecule has 0 bridgehead atoms. The highest BCUT2D eigenvalue weighted by atomic mass is 16.3. The van der Waals surface area contributed by atoms with Crippen LogP contribution in [0.2, 0.25) is 0 Å². The van der Waals surface area contributed by atoms with Gasteiger partial charge in [0.15, 0.2) is 0 Å². The van der Waals surface area contributed by atoms with Crippen molar-refractivity contribution in [3.63, 3.8) is 0 Å². The molecule has 0 saturated carbocycles. The average molecular weight is 206 g/mol. The van der Waals surface area contributed by atoms with Gasteiger partial charge in [-0.25, -0.2) is 0 Å². The summed E-state index contributed by atoms with van der Waals surface area (Å²) in [7, 11) is 0. The summed E-state index contributed by atoms with van der Waals surface area (Å²) >= 11 is 0. The van der Waals surface area contributed by atoms with Crippen molar-refractivity contribution in [1.29, 1.82) is 0 Å². The van der Waals surface area contributed by atoms with E-state index in [1.165, 1.54) is 6.42 Å². The standard InChI is InChI=1S/C14H22O/c1-11(10-14(2,3)4)9-12-7-5-6-8-13(12)15/h5-8,11,15H,9-10H2,1-4H3. The Morgan fingerprint density at radius 2 is 1.80 bits per heavy atom. The SMILES string of the molecule is CC(Cc1ccccc1O)CC(C)(C)C. The van der Waals surface area contributed by atoms with E-state index in [0.29, 0.717) is 17.1 Å². The summed E-state index contributed by atoms with van der Waals surface area (Å²) in [5.74, 6) is 1.04. The van der Waals surface area contributed by atoms with Crippen LogP contribution >= 0.6 is 0 Å². The third-order valence-electron chi connectivity index (χ3n) is 2.52. The molecular weight excluding hydrogens is 184 g/mol. The van der Waals surface area contributed by atoms with Gasteiger partial charge in [-0.2, -0.15) is 0 Å². The summed E-state index contributed by atoms with van der Waals surface area (Å²) in [6.07, 6.45) is 2.14. The Morgan fingerprint density at radius 3 is 2.33 bits per heavy atom. The molecule has 1 heteroatoms. The third kappa shape index (κ3) is 4.37. The zero-order valence-corrected chi connectivity index (χ0v) is 10.2. The Bertz CT molecular complexity index is 309. The molecule has 1 nitrogen and oxygen atoms in total. The quantitative estimate of drug-likeness (QED) is 0.792. The predicted molar refractivity (Wildman–Crippen MR) is 65.0 cm³/mol. The fourth-order valence-electron chi connectivity index (χ4n) is 2.18. The Kier molecular flexibility index (Phi) is 3.78. The minimum atomic E-state index is 0.365. The van der Waals surface area contributed by atoms with E-state index in [9.17, 15) is 5.11 Å². The molecule has 0 fully saturated rings. The fourth-order valence-corrected chi connectivity index (χ4v) is 2.18. The van der Waals surface area contributed by atoms with E-state index in [1.807, 2.05) is 18.2 Å². The molecular formula is C14H22O. The summed E-state index contributed by atoms with van der Waals surface area (Å²) in [6, 6.07) is 7.62. The number of phenols is 1. The van der Waals surface area contributed by atoms with Crippen molar-refractivity contribution in [2.45, 2.75) is 40.5 Å². The summed E-state index contributed by atoms with van der Waals surface area (Å²) in [4.78, 5) is 0. The lowest BCUT2D eigenvalue weighted by Crippen LogP contribution is -2.12. The summed E-state index contributed by atoms with van der Waals surface area (Å²) < 4.78 is 0. The molecule has 0 amide bonds. The van der Waals surface area contributed by atoms with Gasteiger partial charge in [-0.3, -0.25) is 0 Å². The van der Waals surface area contributed by atoms with Gasteiger partial charge in [0.1, 0.15) is 5.75 Å². The number of phenolic OH excluding ortho intramolecular Hbond substituents is 1. The first-order chi connectivity index (χ1) is 6.88. The number of rotatable bonds is 3. The molecule has 1 unspecified atom stereocenters. The summed E-state index contributed by atoms with van der Waals surface area (Å²) in [6.45, 7) is 9.02. The van der Waals surface area contributed by atoms with Crippen LogP contribution in [0.25, 0.3) is 0 Å². The van der Waals surface area contributed by atoms with Crippen molar-refractivity contribution in [1.82, 2.24) is 0 Å². The fraction of sp³-hybridized carbons (Fsp3) is 0.571. The van der Waals surface area contributed by atoms with Gasteiger partial charge >= 0.3 is 0 Å². The minimum Gasteiger partial charge on any atom is -0.508 e. The van der Waals surface area contributed by atoms with Gasteiger partial charge in [0.25, 0.3) is 0 Å². The highest BCUT2D eigenvalue weighted by molar-refractivity contribution is 5.31. The Balaban J connectivity index is 2.59. The van der Waals surface area contributed by atoms with E-state index >= 15 is 0 Å². The molecule has 1 rings (SSSR count). The van der Waals surface area contributed by atoms with Crippen LogP contribution in [0.4, 0.5) is 0 Å². The largest absolute Gasteiger partial charge is 0.508 e. The van der Waals surface area contributed by atoms with E-state index in [-0.39, 0.29) is 0 Å². The topological polar surface area (TPSA) is 20.2 Å². The van der Waals surface area contributed by atoms with Crippen LogP contribution in [0.1, 0.15) is 39.7 Å². The second-order valence-electron chi connectivity index (χ2n) is 5.70. The maximum Gasteiger partial charge on any atom is 0.118 e. The normalized spacial score (nSPS) is 13.9. The van der Waals surface area contributed by atoms with Crippen molar-refractivity contribution < 1.29 is 5.11 Å². The first kappa shape index (κ1) is 12.1. The lowest BCUT2D eigenvalue weighted by atomic mass is 9.83. The molecule has 1 aromatic carbocycles. The van der Waals surface area contributed by atoms with E-state index in [0.717, 1.165) is 12.0 Å². The molecule has 1 atom stereocenters. The lowest BCUT2D eigenvalue weighted by molar-refractivity contribution is 0.304. The zero-order valence-electron chi connectivity index (χ0n) is 10.2. The molecule has 0 aliphatic rings. The van der Waals surface area contributed by atoms with Gasteiger partial charge in [-0.15, -0.1) is 0 Å². The third-order valence-corrected chi connectivity index (χ3v) is 2.52. The minimum absolute atomic E-state index is 0.365. The molecule has 0 aliphatic carbocycles. The number of hydrogen-bond acceptors (Lipinski definition) is 1. The van der Waals surface area contributed by atoms with Crippen molar-refractivity contribution in [2.24, 2.45) is 11.3 Å². The summed E-state index contributed by atoms with van der Waals surface area (Å²) in [5.41, 5.74) is 1.43. The Hall–Kier alpha value is -0.980. The number of benzene rings is 1. The smallest absolute Gasteiger partial charge is 0.118 e. The molecule has 84 valence electrons. The monoisotopic (exact) mass is 206 g/mol. The van der Waals surface area contributed by atoms with E-state index in [1.54, 1.807) is 6.07 Å². The van der Waals surface area contributed by atoms with E-state index < -0.39 is 0 Å². The van der Waals surface area contributed by atoms with Crippen LogP contribution in [-0.2, 0) is 6.42 Å². The zero-order chi connectivity index (χ0) is 11.5. The van der Waals surface area contributed by atoms with Gasteiger partial charge < -0.3 is 5.11 Å². The van der Waals surface area contributed by atoms with Gasteiger partial charge in [0.2, 0.25) is 0 Å². The molecule has 0 heterocycles. The first-order valence-corrected chi connectivity index (χ1v) is 5.65. The van der Waals surface area contributed by atoms with E-state index in [4.69, 9.17) is 0 Å². The number of aromatic hydroxyl groups is 1. The van der Waals surface area contributed by atoms with Crippen LogP contribution in [0, 0.1) is 11.3 Å². The summed E-state index contributed by atoms with van der Waals surface area (Å²) in [5, 5.41) is 9.66. The maximum absolute atomic E-state index is 9.66. The first-order valence-electron chi connectivity index (χ1n) is 5.65. The molecule has 0 spiro atoms. The van der Waals surface area contributed by atoms with Gasteiger partial charge in [-0.1, -0.05) is 45.9 Å². The van der Waals surface area contributed by atoms with E-state index in [2.05, 4.69) is 27.7 Å². The number of hydrogen-bond donors (Lipinski definition) is 1. The average Bonchev–Trinajstić information content (AvgIpc) is 2.05. The van der Waals surface area contributed by atoms with Crippen LogP contribution < -0.4 is 0 Å². The van der Waals surface area contributed by atoms with Gasteiger partial charge in [-0.05, 0) is 35.8 Å². The van der Waals surface area contributed by atoms with Crippen LogP contribution in [0.5, 0.6) is 5.75 Å². The second kappa shape index (κ2) is 4.69. The maximum atomic E-state index is 9.66. The van der Waals surface area contributed by atoms with Crippen molar-refractivity contribution in [3.8, 4) is 5.75 Å². The van der Waals surface area contributed by atoms with Gasteiger partial charge in [0.05, 0.1) is 0 Å². The van der Waals surface area contributed by atoms with Crippen molar-refractivity contribution in [3.05, 3.63) is 29.8 Å². The lowest BCUT2D eigenvalue weighted by Gasteiger charge is -2.23. The molecule has 1 aromatic rings. The number of para-hydroxylation sites is 1. The molecule has 0 saturated heterocycles. The highest BCUT2D eigenvalue weighted by Gasteiger charge is 2.16. The second-order valence-corrected chi connectivity index (χ2v) is 5.70. The van der Waals surface area contributed by atoms with Gasteiger partial charge in [0, 0.05) is 0 Å².